The van der Waals surface area contributed by atoms with Crippen molar-refractivity contribution < 1.29 is 18.6 Å². The summed E-state index contributed by atoms with van der Waals surface area (Å²) in [6.07, 6.45) is 0.250. The molecular weight excluding hydrogens is 472 g/mol. The number of hydrogen-bond donors (Lipinski definition) is 2. The molecule has 4 aromatic rings. The van der Waals surface area contributed by atoms with Crippen LogP contribution in [0.5, 0.6) is 5.88 Å². The van der Waals surface area contributed by atoms with E-state index in [4.69, 9.17) is 4.74 Å². The zero-order valence-corrected chi connectivity index (χ0v) is 19.7. The first kappa shape index (κ1) is 23.6. The van der Waals surface area contributed by atoms with Gasteiger partial charge in [0.2, 0.25) is 5.88 Å². The molecule has 0 amide bonds. The lowest BCUT2D eigenvalue weighted by molar-refractivity contribution is 0.115. The van der Waals surface area contributed by atoms with Crippen LogP contribution in [0, 0.1) is 12.8 Å². The second-order valence-electron chi connectivity index (χ2n) is 8.60. The first-order chi connectivity index (χ1) is 17.4. The summed E-state index contributed by atoms with van der Waals surface area (Å²) >= 11 is 0. The molecule has 0 spiro atoms. The third-order valence-electron chi connectivity index (χ3n) is 6.03. The predicted octanol–water partition coefficient (Wildman–Crippen LogP) is 2.48. The Morgan fingerprint density at radius 1 is 1.11 bits per heavy atom. The van der Waals surface area contributed by atoms with Gasteiger partial charge in [0.05, 0.1) is 23.3 Å². The Kier molecular flexibility index (Phi) is 6.46. The molecule has 0 saturated carbocycles. The van der Waals surface area contributed by atoms with E-state index in [0.717, 1.165) is 5.69 Å². The molecule has 5 rings (SSSR count). The zero-order valence-electron chi connectivity index (χ0n) is 19.7. The van der Waals surface area contributed by atoms with Crippen LogP contribution >= 0.6 is 0 Å². The van der Waals surface area contributed by atoms with Gasteiger partial charge in [-0.25, -0.2) is 13.5 Å². The van der Waals surface area contributed by atoms with Gasteiger partial charge in [-0.15, -0.1) is 15.3 Å². The van der Waals surface area contributed by atoms with E-state index < -0.39 is 12.7 Å². The number of nitrogens with one attached hydrogen (secondary N) is 1. The van der Waals surface area contributed by atoms with Gasteiger partial charge in [-0.1, -0.05) is 17.3 Å². The van der Waals surface area contributed by atoms with Crippen molar-refractivity contribution in [2.24, 2.45) is 13.0 Å². The van der Waals surface area contributed by atoms with E-state index in [0.29, 0.717) is 41.9 Å². The summed E-state index contributed by atoms with van der Waals surface area (Å²) in [5.41, 5.74) is 2.64. The summed E-state index contributed by atoms with van der Waals surface area (Å²) in [6.45, 7) is 3.19. The highest BCUT2D eigenvalue weighted by Gasteiger charge is 2.33. The number of halogens is 2. The molecule has 3 aromatic heterocycles. The van der Waals surface area contributed by atoms with Crippen molar-refractivity contribution in [3.8, 4) is 11.6 Å². The van der Waals surface area contributed by atoms with Crippen molar-refractivity contribution in [2.75, 3.05) is 23.3 Å². The van der Waals surface area contributed by atoms with Crippen molar-refractivity contribution in [3.05, 3.63) is 65.7 Å². The minimum absolute atomic E-state index is 0.0495. The van der Waals surface area contributed by atoms with Crippen LogP contribution in [0.3, 0.4) is 0 Å². The number of aliphatic hydroxyl groups excluding tert-OH is 1. The van der Waals surface area contributed by atoms with Crippen molar-refractivity contribution in [1.29, 1.82) is 0 Å². The van der Waals surface area contributed by atoms with Crippen molar-refractivity contribution in [1.82, 2.24) is 35.0 Å². The SMILES string of the molecule is Cc1nnn(-c2ccc(C(F)F)cc2)c1COc1ccc(N2CC(C(O)Nc3cnn(C)c3)C2)nn1. The monoisotopic (exact) mass is 497 g/mol. The third kappa shape index (κ3) is 4.96. The average Bonchev–Trinajstić information content (AvgIpc) is 3.42. The highest BCUT2D eigenvalue weighted by molar-refractivity contribution is 5.44. The fraction of sp³-hybridized carbons (Fsp3) is 0.348. The van der Waals surface area contributed by atoms with Crippen LogP contribution < -0.4 is 15.0 Å². The molecule has 4 heterocycles. The van der Waals surface area contributed by atoms with E-state index in [2.05, 4.69) is 30.9 Å². The molecule has 1 aliphatic rings. The molecule has 1 unspecified atom stereocenters. The van der Waals surface area contributed by atoms with Gasteiger partial charge in [-0.05, 0) is 25.1 Å². The normalized spacial score (nSPS) is 14.7. The lowest BCUT2D eigenvalue weighted by Gasteiger charge is -2.42. The Morgan fingerprint density at radius 2 is 1.89 bits per heavy atom. The Morgan fingerprint density at radius 3 is 2.53 bits per heavy atom. The first-order valence-corrected chi connectivity index (χ1v) is 11.3. The number of ether oxygens (including phenoxy) is 1. The lowest BCUT2D eigenvalue weighted by Crippen LogP contribution is -2.54. The second kappa shape index (κ2) is 9.85. The minimum Gasteiger partial charge on any atom is -0.470 e. The van der Waals surface area contributed by atoms with E-state index in [-0.39, 0.29) is 18.1 Å². The molecule has 1 aromatic carbocycles. The van der Waals surface area contributed by atoms with E-state index in [1.165, 1.54) is 12.1 Å². The molecule has 1 aliphatic heterocycles. The molecule has 13 heteroatoms. The van der Waals surface area contributed by atoms with Crippen LogP contribution in [0.25, 0.3) is 5.69 Å². The number of hydrogen-bond acceptors (Lipinski definition) is 9. The number of alkyl halides is 2. The van der Waals surface area contributed by atoms with Gasteiger partial charge >= 0.3 is 0 Å². The van der Waals surface area contributed by atoms with E-state index >= 15 is 0 Å². The molecule has 36 heavy (non-hydrogen) atoms. The van der Waals surface area contributed by atoms with Gasteiger partial charge in [0.15, 0.2) is 5.82 Å². The van der Waals surface area contributed by atoms with Crippen LogP contribution in [-0.4, -0.2) is 59.4 Å². The van der Waals surface area contributed by atoms with Crippen molar-refractivity contribution in [2.45, 2.75) is 26.2 Å². The van der Waals surface area contributed by atoms with E-state index in [1.54, 1.807) is 46.9 Å². The number of aliphatic hydroxyl groups is 1. The van der Waals surface area contributed by atoms with E-state index in [1.807, 2.05) is 18.0 Å². The quantitative estimate of drug-likeness (QED) is 0.336. The maximum Gasteiger partial charge on any atom is 0.263 e. The Balaban J connectivity index is 1.16. The van der Waals surface area contributed by atoms with Crippen LogP contribution in [-0.2, 0) is 13.7 Å². The van der Waals surface area contributed by atoms with Gasteiger partial charge in [0.25, 0.3) is 6.43 Å². The summed E-state index contributed by atoms with van der Waals surface area (Å²) in [4.78, 5) is 2.02. The van der Waals surface area contributed by atoms with Crippen LogP contribution in [0.1, 0.15) is 23.4 Å². The topological polar surface area (TPSA) is 119 Å². The maximum atomic E-state index is 12.8. The highest BCUT2D eigenvalue weighted by Crippen LogP contribution is 2.26. The summed E-state index contributed by atoms with van der Waals surface area (Å²) in [5.74, 6) is 1.07. The Bertz CT molecular complexity index is 1300. The minimum atomic E-state index is -2.53. The molecule has 11 nitrogen and oxygen atoms in total. The first-order valence-electron chi connectivity index (χ1n) is 11.3. The van der Waals surface area contributed by atoms with Crippen LogP contribution in [0.2, 0.25) is 0 Å². The van der Waals surface area contributed by atoms with Crippen LogP contribution in [0.15, 0.2) is 48.8 Å². The summed E-state index contributed by atoms with van der Waals surface area (Å²) in [7, 11) is 1.82. The molecule has 1 saturated heterocycles. The van der Waals surface area contributed by atoms with Gasteiger partial charge in [-0.2, -0.15) is 5.10 Å². The number of aryl methyl sites for hydroxylation is 2. The number of benzene rings is 1. The average molecular weight is 498 g/mol. The van der Waals surface area contributed by atoms with Gasteiger partial charge in [-0.3, -0.25) is 4.68 Å². The molecule has 0 radical (unpaired) electrons. The van der Waals surface area contributed by atoms with Gasteiger partial charge in [0, 0.05) is 43.9 Å². The fourth-order valence-corrected chi connectivity index (χ4v) is 3.90. The predicted molar refractivity (Wildman–Crippen MR) is 126 cm³/mol. The number of nitrogens with zero attached hydrogens (tertiary/aromatic N) is 8. The maximum absolute atomic E-state index is 12.8. The lowest BCUT2D eigenvalue weighted by atomic mass is 9.98. The largest absolute Gasteiger partial charge is 0.470 e. The molecular formula is C23H25F2N9O2. The molecule has 1 atom stereocenters. The standard InChI is InChI=1S/C23H25F2N9O2/c1-14-19(34(31-28-14)18-5-3-15(4-6-18)22(24)25)13-36-21-8-7-20(29-30-21)33-10-16(11-33)23(35)27-17-9-26-32(2)12-17/h3-9,12,16,22-23,27,35H,10-11,13H2,1-2H3. The Hall–Kier alpha value is -4.13. The molecule has 0 aliphatic carbocycles. The number of rotatable bonds is 9. The molecule has 188 valence electrons. The number of anilines is 2. The third-order valence-corrected chi connectivity index (χ3v) is 6.03. The van der Waals surface area contributed by atoms with Gasteiger partial charge < -0.3 is 20.1 Å². The summed E-state index contributed by atoms with van der Waals surface area (Å²) < 4.78 is 34.7. The summed E-state index contributed by atoms with van der Waals surface area (Å²) in [5, 5.41) is 34.1. The second-order valence-corrected chi connectivity index (χ2v) is 8.60. The molecule has 0 bridgehead atoms. The smallest absolute Gasteiger partial charge is 0.263 e. The zero-order chi connectivity index (χ0) is 25.2. The Labute approximate surface area is 205 Å². The summed E-state index contributed by atoms with van der Waals surface area (Å²) in [6, 6.07) is 9.39. The van der Waals surface area contributed by atoms with Gasteiger partial charge in [0.1, 0.15) is 18.5 Å². The number of aromatic nitrogens is 7. The highest BCUT2D eigenvalue weighted by atomic mass is 19.3. The fourth-order valence-electron chi connectivity index (χ4n) is 3.90. The molecule has 2 N–H and O–H groups in total. The van der Waals surface area contributed by atoms with Crippen molar-refractivity contribution >= 4 is 11.5 Å². The molecule has 1 fully saturated rings. The van der Waals surface area contributed by atoms with Crippen molar-refractivity contribution in [3.63, 3.8) is 0 Å². The van der Waals surface area contributed by atoms with E-state index in [9.17, 15) is 13.9 Å². The van der Waals surface area contributed by atoms with Crippen LogP contribution in [0.4, 0.5) is 20.3 Å².